The summed E-state index contributed by atoms with van der Waals surface area (Å²) in [6.07, 6.45) is 3.14. The number of nitrogens with zero attached hydrogens (tertiary/aromatic N) is 2. The zero-order chi connectivity index (χ0) is 31.4. The highest BCUT2D eigenvalue weighted by molar-refractivity contribution is 5.97. The number of aliphatic carboxylic acids is 1. The molecule has 6 N–H and O–H groups in total. The van der Waals surface area contributed by atoms with Gasteiger partial charge in [0.2, 0.25) is 17.2 Å². The number of aromatic nitrogens is 1. The topological polar surface area (TPSA) is 193 Å². The Hall–Kier alpha value is -4.24. The van der Waals surface area contributed by atoms with Crippen LogP contribution in [0.5, 0.6) is 5.75 Å². The third kappa shape index (κ3) is 7.63. The minimum absolute atomic E-state index is 0. The fourth-order valence-corrected chi connectivity index (χ4v) is 5.08. The average Bonchev–Trinajstić information content (AvgIpc) is 3.82. The fraction of sp³-hybridized carbons (Fsp3) is 0.464. The Kier molecular flexibility index (Phi) is 11.3. The molecule has 0 spiro atoms. The summed E-state index contributed by atoms with van der Waals surface area (Å²) in [5, 5.41) is 22.7. The lowest BCUT2D eigenvalue weighted by Gasteiger charge is -2.33. The Balaban J connectivity index is 0.00000529. The number of benzene rings is 1. The van der Waals surface area contributed by atoms with Crippen molar-refractivity contribution in [1.82, 2.24) is 15.2 Å². The summed E-state index contributed by atoms with van der Waals surface area (Å²) < 4.78 is 38.0. The number of ether oxygens (including phenoxy) is 1. The summed E-state index contributed by atoms with van der Waals surface area (Å²) in [4.78, 5) is 60.9. The predicted molar refractivity (Wildman–Crippen MR) is 158 cm³/mol. The van der Waals surface area contributed by atoms with Crippen LogP contribution in [0.3, 0.4) is 0 Å². The molecule has 1 saturated carbocycles. The lowest BCUT2D eigenvalue weighted by Crippen LogP contribution is -2.45. The van der Waals surface area contributed by atoms with Crippen LogP contribution >= 0.6 is 12.4 Å². The SMILES string of the molecule is COc1c(N2CCC/C(=C(\F)CNC(=O)CNC(=O)[C@@H](N)CCC(=O)O)C2)c(F)cc2c(=O)c(C(=O)O)cn(C3CC3)c12.Cl. The molecule has 4 rings (SSSR count). The highest BCUT2D eigenvalue weighted by Crippen LogP contribution is 2.44. The number of halogens is 3. The maximum atomic E-state index is 15.6. The number of rotatable bonds is 12. The second-order valence-electron chi connectivity index (χ2n) is 10.5. The Morgan fingerprint density at radius 2 is 1.89 bits per heavy atom. The van der Waals surface area contributed by atoms with Gasteiger partial charge in [-0.2, -0.15) is 0 Å². The molecule has 13 nitrogen and oxygen atoms in total. The van der Waals surface area contributed by atoms with Crippen LogP contribution in [0.1, 0.15) is 54.9 Å². The number of carbonyl (C=O) groups is 4. The van der Waals surface area contributed by atoms with Gasteiger partial charge >= 0.3 is 11.9 Å². The summed E-state index contributed by atoms with van der Waals surface area (Å²) in [5.41, 5.74) is 4.89. The number of piperidine rings is 1. The largest absolute Gasteiger partial charge is 0.492 e. The molecule has 1 aromatic carbocycles. The van der Waals surface area contributed by atoms with Gasteiger partial charge in [-0.1, -0.05) is 0 Å². The number of carbonyl (C=O) groups excluding carboxylic acids is 2. The minimum Gasteiger partial charge on any atom is -0.492 e. The molecule has 1 atom stereocenters. The molecule has 2 heterocycles. The molecule has 2 amide bonds. The first kappa shape index (κ1) is 34.3. The van der Waals surface area contributed by atoms with Crippen molar-refractivity contribution >= 4 is 52.8 Å². The minimum atomic E-state index is -1.42. The van der Waals surface area contributed by atoms with Crippen molar-refractivity contribution in [2.24, 2.45) is 5.73 Å². The van der Waals surface area contributed by atoms with E-state index in [1.165, 1.54) is 13.3 Å². The normalized spacial score (nSPS) is 16.5. The van der Waals surface area contributed by atoms with Crippen LogP contribution < -0.4 is 31.4 Å². The molecule has 44 heavy (non-hydrogen) atoms. The molecule has 0 radical (unpaired) electrons. The van der Waals surface area contributed by atoms with Gasteiger partial charge in [0.05, 0.1) is 37.1 Å². The summed E-state index contributed by atoms with van der Waals surface area (Å²) in [5.74, 6) is -5.34. The quantitative estimate of drug-likeness (QED) is 0.228. The van der Waals surface area contributed by atoms with Gasteiger partial charge in [-0.25, -0.2) is 13.6 Å². The summed E-state index contributed by atoms with van der Waals surface area (Å²) in [6, 6.07) is -0.185. The molecule has 0 unspecified atom stereocenters. The van der Waals surface area contributed by atoms with Gasteiger partial charge in [-0.3, -0.25) is 19.2 Å². The third-order valence-corrected chi connectivity index (χ3v) is 7.43. The Morgan fingerprint density at radius 1 is 1.18 bits per heavy atom. The van der Waals surface area contributed by atoms with Crippen LogP contribution in [-0.2, 0) is 14.4 Å². The van der Waals surface area contributed by atoms with Crippen LogP contribution in [0, 0.1) is 5.82 Å². The number of nitrogens with two attached hydrogens (primary N) is 1. The number of aromatic carboxylic acids is 1. The standard InChI is InChI=1S/C28H33F2N5O8.ClH/c1-43-26-23-16(25(39)17(28(41)42)13-35(23)15-4-5-15)9-18(29)24(26)34-8-2-3-14(12-34)19(30)10-32-21(36)11-33-27(40)20(31)6-7-22(37)38;/h9,13,15,20H,2-8,10-12,31H2,1H3,(H,32,36)(H,33,40)(H,37,38)(H,41,42);1H/b19-14+;/t20-;/m0./s1. The zero-order valence-corrected chi connectivity index (χ0v) is 24.7. The maximum absolute atomic E-state index is 15.6. The second-order valence-corrected chi connectivity index (χ2v) is 10.5. The van der Waals surface area contributed by atoms with Crippen LogP contribution in [-0.4, -0.2) is 77.9 Å². The van der Waals surface area contributed by atoms with E-state index < -0.39 is 65.5 Å². The van der Waals surface area contributed by atoms with E-state index in [2.05, 4.69) is 10.6 Å². The molecule has 1 aliphatic heterocycles. The second kappa shape index (κ2) is 14.5. The average molecular weight is 642 g/mol. The molecular weight excluding hydrogens is 608 g/mol. The number of carboxylic acids is 2. The summed E-state index contributed by atoms with van der Waals surface area (Å²) in [7, 11) is 1.32. The third-order valence-electron chi connectivity index (χ3n) is 7.43. The first-order valence-electron chi connectivity index (χ1n) is 13.7. The van der Waals surface area contributed by atoms with E-state index >= 15 is 8.78 Å². The molecule has 1 saturated heterocycles. The molecule has 1 aliphatic carbocycles. The van der Waals surface area contributed by atoms with Crippen LogP contribution in [0.25, 0.3) is 10.9 Å². The smallest absolute Gasteiger partial charge is 0.341 e. The number of hydrogen-bond donors (Lipinski definition) is 5. The van der Waals surface area contributed by atoms with Crippen molar-refractivity contribution in [3.63, 3.8) is 0 Å². The van der Waals surface area contributed by atoms with Gasteiger partial charge in [0.25, 0.3) is 0 Å². The van der Waals surface area contributed by atoms with E-state index in [9.17, 15) is 29.1 Å². The van der Waals surface area contributed by atoms with E-state index in [0.717, 1.165) is 18.9 Å². The van der Waals surface area contributed by atoms with Crippen LogP contribution in [0.2, 0.25) is 0 Å². The molecular formula is C28H34ClF2N5O8. The Morgan fingerprint density at radius 3 is 2.50 bits per heavy atom. The molecule has 2 aromatic rings. The van der Waals surface area contributed by atoms with Gasteiger partial charge in [0.1, 0.15) is 17.1 Å². The van der Waals surface area contributed by atoms with Gasteiger partial charge < -0.3 is 40.8 Å². The Bertz CT molecular complexity index is 1560. The fourth-order valence-electron chi connectivity index (χ4n) is 5.08. The lowest BCUT2D eigenvalue weighted by molar-refractivity contribution is -0.137. The zero-order valence-electron chi connectivity index (χ0n) is 23.9. The van der Waals surface area contributed by atoms with E-state index in [0.29, 0.717) is 25.0 Å². The van der Waals surface area contributed by atoms with Gasteiger partial charge in [-0.15, -0.1) is 12.4 Å². The number of anilines is 1. The van der Waals surface area contributed by atoms with E-state index in [4.69, 9.17) is 15.6 Å². The van der Waals surface area contributed by atoms with Crippen LogP contribution in [0.15, 0.2) is 28.5 Å². The molecule has 0 bridgehead atoms. The molecule has 2 aliphatic rings. The van der Waals surface area contributed by atoms with Crippen molar-refractivity contribution in [1.29, 1.82) is 0 Å². The van der Waals surface area contributed by atoms with Crippen LogP contribution in [0.4, 0.5) is 14.5 Å². The maximum Gasteiger partial charge on any atom is 0.341 e. The van der Waals surface area contributed by atoms with E-state index in [1.54, 1.807) is 9.47 Å². The van der Waals surface area contributed by atoms with Crippen molar-refractivity contribution < 1.29 is 42.9 Å². The van der Waals surface area contributed by atoms with Crippen molar-refractivity contribution in [3.8, 4) is 5.75 Å². The van der Waals surface area contributed by atoms with E-state index in [-0.39, 0.29) is 60.2 Å². The molecule has 2 fully saturated rings. The number of carboxylic acid groups (broad SMARTS) is 2. The summed E-state index contributed by atoms with van der Waals surface area (Å²) in [6.45, 7) is -0.646. The first-order valence-corrected chi connectivity index (χ1v) is 13.7. The molecule has 1 aromatic heterocycles. The Labute approximate surface area is 256 Å². The number of pyridine rings is 1. The number of methoxy groups -OCH3 is 1. The number of fused-ring (bicyclic) bond motifs is 1. The van der Waals surface area contributed by atoms with Gasteiger partial charge in [0, 0.05) is 31.7 Å². The van der Waals surface area contributed by atoms with Gasteiger partial charge in [-0.05, 0) is 43.7 Å². The predicted octanol–water partition coefficient (Wildman–Crippen LogP) is 1.85. The molecule has 16 heteroatoms. The number of nitrogens with one attached hydrogen (secondary N) is 2. The lowest BCUT2D eigenvalue weighted by atomic mass is 10.0. The van der Waals surface area contributed by atoms with Crippen molar-refractivity contribution in [2.75, 3.05) is 38.2 Å². The van der Waals surface area contributed by atoms with Crippen molar-refractivity contribution in [3.05, 3.63) is 45.3 Å². The van der Waals surface area contributed by atoms with E-state index in [1.807, 2.05) is 0 Å². The highest BCUT2D eigenvalue weighted by atomic mass is 35.5. The van der Waals surface area contributed by atoms with Gasteiger partial charge in [0.15, 0.2) is 11.6 Å². The highest BCUT2D eigenvalue weighted by Gasteiger charge is 2.32. The number of amides is 2. The first-order chi connectivity index (χ1) is 20.4. The number of hydrogen-bond acceptors (Lipinski definition) is 8. The van der Waals surface area contributed by atoms with Crippen molar-refractivity contribution in [2.45, 2.75) is 50.6 Å². The monoisotopic (exact) mass is 641 g/mol. The summed E-state index contributed by atoms with van der Waals surface area (Å²) >= 11 is 0. The molecule has 240 valence electrons.